The number of hydrogen-bond donors (Lipinski definition) is 2. The number of nitrogens with one attached hydrogen (secondary N) is 1. The molecular formula is C15H32N2O. The Balaban J connectivity index is 2.27. The van der Waals surface area contributed by atoms with Gasteiger partial charge in [0.2, 0.25) is 0 Å². The van der Waals surface area contributed by atoms with E-state index in [9.17, 15) is 0 Å². The Morgan fingerprint density at radius 1 is 1.39 bits per heavy atom. The molecule has 0 saturated carbocycles. The van der Waals surface area contributed by atoms with Gasteiger partial charge in [-0.2, -0.15) is 0 Å². The van der Waals surface area contributed by atoms with Crippen LogP contribution in [0.15, 0.2) is 0 Å². The molecule has 1 aliphatic heterocycles. The first-order chi connectivity index (χ1) is 8.42. The summed E-state index contributed by atoms with van der Waals surface area (Å²) in [6.07, 6.45) is 4.76. The second-order valence-electron chi connectivity index (χ2n) is 6.89. The van der Waals surface area contributed by atoms with Crippen LogP contribution in [0.5, 0.6) is 0 Å². The second-order valence-corrected chi connectivity index (χ2v) is 6.89. The van der Waals surface area contributed by atoms with Crippen molar-refractivity contribution in [3.63, 3.8) is 0 Å². The standard InChI is InChI=1S/C15H32N2O/c1-13(11-16-15(2,3)4)12-17-9-5-7-14(17)8-6-10-18/h13-14,16,18H,5-12H2,1-4H3. The van der Waals surface area contributed by atoms with Crippen LogP contribution in [0, 0.1) is 5.92 Å². The van der Waals surface area contributed by atoms with Gasteiger partial charge in [0.1, 0.15) is 0 Å². The molecule has 0 spiro atoms. The second kappa shape index (κ2) is 7.46. The lowest BCUT2D eigenvalue weighted by Gasteiger charge is -2.29. The van der Waals surface area contributed by atoms with Gasteiger partial charge in [-0.25, -0.2) is 0 Å². The third-order valence-electron chi connectivity index (χ3n) is 3.72. The van der Waals surface area contributed by atoms with E-state index in [-0.39, 0.29) is 5.54 Å². The molecule has 0 bridgehead atoms. The summed E-state index contributed by atoms with van der Waals surface area (Å²) in [7, 11) is 0. The Morgan fingerprint density at radius 2 is 2.11 bits per heavy atom. The minimum atomic E-state index is 0.218. The summed E-state index contributed by atoms with van der Waals surface area (Å²) >= 11 is 0. The molecule has 1 saturated heterocycles. The largest absolute Gasteiger partial charge is 0.396 e. The van der Waals surface area contributed by atoms with E-state index in [0.29, 0.717) is 18.6 Å². The fraction of sp³-hybridized carbons (Fsp3) is 1.00. The predicted octanol–water partition coefficient (Wildman–Crippen LogP) is 2.25. The van der Waals surface area contributed by atoms with Crippen LogP contribution < -0.4 is 5.32 Å². The zero-order valence-corrected chi connectivity index (χ0v) is 12.7. The number of rotatable bonds is 7. The molecule has 0 radical (unpaired) electrons. The summed E-state index contributed by atoms with van der Waals surface area (Å²) in [4.78, 5) is 2.63. The Labute approximate surface area is 113 Å². The SMILES string of the molecule is CC(CNC(C)(C)C)CN1CCCC1CCCO. The van der Waals surface area contributed by atoms with Crippen molar-refractivity contribution < 1.29 is 5.11 Å². The summed E-state index contributed by atoms with van der Waals surface area (Å²) in [5.41, 5.74) is 0.218. The fourth-order valence-corrected chi connectivity index (χ4v) is 2.73. The van der Waals surface area contributed by atoms with Gasteiger partial charge in [-0.3, -0.25) is 0 Å². The van der Waals surface area contributed by atoms with Gasteiger partial charge in [-0.05, 0) is 65.5 Å². The first-order valence-electron chi connectivity index (χ1n) is 7.52. The molecule has 1 rings (SSSR count). The van der Waals surface area contributed by atoms with E-state index in [1.165, 1.54) is 25.9 Å². The molecule has 0 aromatic rings. The van der Waals surface area contributed by atoms with Gasteiger partial charge >= 0.3 is 0 Å². The van der Waals surface area contributed by atoms with E-state index >= 15 is 0 Å². The van der Waals surface area contributed by atoms with E-state index in [1.54, 1.807) is 0 Å². The van der Waals surface area contributed by atoms with E-state index in [1.807, 2.05) is 0 Å². The third kappa shape index (κ3) is 6.17. The van der Waals surface area contributed by atoms with Crippen LogP contribution in [0.25, 0.3) is 0 Å². The van der Waals surface area contributed by atoms with Crippen molar-refractivity contribution in [1.82, 2.24) is 10.2 Å². The molecule has 3 nitrogen and oxygen atoms in total. The highest BCUT2D eigenvalue weighted by Gasteiger charge is 2.25. The van der Waals surface area contributed by atoms with Crippen molar-refractivity contribution in [2.75, 3.05) is 26.2 Å². The molecule has 108 valence electrons. The van der Waals surface area contributed by atoms with Gasteiger partial charge in [0.25, 0.3) is 0 Å². The molecule has 0 aromatic heterocycles. The van der Waals surface area contributed by atoms with Gasteiger partial charge in [0.15, 0.2) is 0 Å². The van der Waals surface area contributed by atoms with Crippen LogP contribution in [-0.4, -0.2) is 47.8 Å². The first-order valence-corrected chi connectivity index (χ1v) is 7.52. The quantitative estimate of drug-likeness (QED) is 0.733. The van der Waals surface area contributed by atoms with Crippen LogP contribution in [0.3, 0.4) is 0 Å². The van der Waals surface area contributed by atoms with Crippen LogP contribution in [0.1, 0.15) is 53.4 Å². The Bertz CT molecular complexity index is 225. The molecular weight excluding hydrogens is 224 g/mol. The Hall–Kier alpha value is -0.120. The Morgan fingerprint density at radius 3 is 2.72 bits per heavy atom. The lowest BCUT2D eigenvalue weighted by Crippen LogP contribution is -2.42. The summed E-state index contributed by atoms with van der Waals surface area (Å²) in [5.74, 6) is 0.693. The lowest BCUT2D eigenvalue weighted by atomic mass is 10.1. The molecule has 0 aromatic carbocycles. The van der Waals surface area contributed by atoms with Crippen molar-refractivity contribution >= 4 is 0 Å². The zero-order valence-electron chi connectivity index (χ0n) is 12.7. The smallest absolute Gasteiger partial charge is 0.0431 e. The average Bonchev–Trinajstić information content (AvgIpc) is 2.70. The molecule has 3 heteroatoms. The normalized spacial score (nSPS) is 23.5. The molecule has 0 amide bonds. The van der Waals surface area contributed by atoms with Crippen LogP contribution in [0.4, 0.5) is 0 Å². The van der Waals surface area contributed by atoms with Crippen LogP contribution in [-0.2, 0) is 0 Å². The topological polar surface area (TPSA) is 35.5 Å². The molecule has 1 fully saturated rings. The number of aliphatic hydroxyl groups is 1. The van der Waals surface area contributed by atoms with Gasteiger partial charge in [-0.15, -0.1) is 0 Å². The maximum Gasteiger partial charge on any atom is 0.0431 e. The van der Waals surface area contributed by atoms with Crippen molar-refractivity contribution in [1.29, 1.82) is 0 Å². The fourth-order valence-electron chi connectivity index (χ4n) is 2.73. The molecule has 2 atom stereocenters. The highest BCUT2D eigenvalue weighted by atomic mass is 16.2. The zero-order chi connectivity index (χ0) is 13.6. The summed E-state index contributed by atoms with van der Waals surface area (Å²) in [6.45, 7) is 12.9. The molecule has 1 heterocycles. The molecule has 0 aliphatic carbocycles. The molecule has 1 aliphatic rings. The lowest BCUT2D eigenvalue weighted by molar-refractivity contribution is 0.190. The first kappa shape index (κ1) is 15.9. The minimum Gasteiger partial charge on any atom is -0.396 e. The van der Waals surface area contributed by atoms with E-state index in [4.69, 9.17) is 5.11 Å². The Kier molecular flexibility index (Phi) is 6.61. The van der Waals surface area contributed by atoms with Gasteiger partial charge in [-0.1, -0.05) is 6.92 Å². The van der Waals surface area contributed by atoms with Crippen molar-refractivity contribution in [2.24, 2.45) is 5.92 Å². The average molecular weight is 256 g/mol. The van der Waals surface area contributed by atoms with Gasteiger partial charge in [0, 0.05) is 24.7 Å². The molecule has 18 heavy (non-hydrogen) atoms. The summed E-state index contributed by atoms with van der Waals surface area (Å²) in [5, 5.41) is 12.5. The van der Waals surface area contributed by atoms with Crippen LogP contribution >= 0.6 is 0 Å². The van der Waals surface area contributed by atoms with Crippen LogP contribution in [0.2, 0.25) is 0 Å². The number of hydrogen-bond acceptors (Lipinski definition) is 3. The molecule has 2 unspecified atom stereocenters. The number of nitrogens with zero attached hydrogens (tertiary/aromatic N) is 1. The summed E-state index contributed by atoms with van der Waals surface area (Å²) in [6, 6.07) is 0.717. The molecule has 2 N–H and O–H groups in total. The van der Waals surface area contributed by atoms with E-state index in [0.717, 1.165) is 19.4 Å². The summed E-state index contributed by atoms with van der Waals surface area (Å²) < 4.78 is 0. The van der Waals surface area contributed by atoms with Crippen molar-refractivity contribution in [3.8, 4) is 0 Å². The minimum absolute atomic E-state index is 0.218. The predicted molar refractivity (Wildman–Crippen MR) is 77.8 cm³/mol. The van der Waals surface area contributed by atoms with E-state index in [2.05, 4.69) is 37.9 Å². The van der Waals surface area contributed by atoms with Crippen molar-refractivity contribution in [3.05, 3.63) is 0 Å². The van der Waals surface area contributed by atoms with Gasteiger partial charge in [0.05, 0.1) is 0 Å². The number of likely N-dealkylation sites (tertiary alicyclic amines) is 1. The number of aliphatic hydroxyl groups excluding tert-OH is 1. The highest BCUT2D eigenvalue weighted by molar-refractivity contribution is 4.81. The maximum atomic E-state index is 8.94. The maximum absolute atomic E-state index is 8.94. The highest BCUT2D eigenvalue weighted by Crippen LogP contribution is 2.22. The van der Waals surface area contributed by atoms with Crippen molar-refractivity contribution in [2.45, 2.75) is 65.0 Å². The third-order valence-corrected chi connectivity index (χ3v) is 3.72. The van der Waals surface area contributed by atoms with Gasteiger partial charge < -0.3 is 15.3 Å². The monoisotopic (exact) mass is 256 g/mol. The van der Waals surface area contributed by atoms with E-state index < -0.39 is 0 Å².